The van der Waals surface area contributed by atoms with Gasteiger partial charge in [0.2, 0.25) is 0 Å². The van der Waals surface area contributed by atoms with Gasteiger partial charge in [-0.2, -0.15) is 5.26 Å². The summed E-state index contributed by atoms with van der Waals surface area (Å²) in [6, 6.07) is 7.54. The molecular formula is C12H13ClN2O. The van der Waals surface area contributed by atoms with E-state index in [2.05, 4.69) is 6.07 Å². The van der Waals surface area contributed by atoms with Crippen LogP contribution in [0.2, 0.25) is 0 Å². The Morgan fingerprint density at radius 3 is 2.94 bits per heavy atom. The van der Waals surface area contributed by atoms with E-state index in [4.69, 9.17) is 21.8 Å². The van der Waals surface area contributed by atoms with Gasteiger partial charge in [-0.1, -0.05) is 0 Å². The lowest BCUT2D eigenvalue weighted by atomic mass is 10.1. The summed E-state index contributed by atoms with van der Waals surface area (Å²) in [7, 11) is 0. The lowest BCUT2D eigenvalue weighted by molar-refractivity contribution is 0.0964. The minimum Gasteiger partial charge on any atom is -0.486 e. The number of nitrogens with zero attached hydrogens (tertiary/aromatic N) is 2. The predicted molar refractivity (Wildman–Crippen MR) is 62.1 cm³/mol. The monoisotopic (exact) mass is 236 g/mol. The van der Waals surface area contributed by atoms with E-state index in [1.54, 1.807) is 10.5 Å². The van der Waals surface area contributed by atoms with Gasteiger partial charge < -0.3 is 4.74 Å². The first-order chi connectivity index (χ1) is 7.50. The van der Waals surface area contributed by atoms with E-state index in [9.17, 15) is 0 Å². The molecular weight excluding hydrogens is 224 g/mol. The lowest BCUT2D eigenvalue weighted by Crippen LogP contribution is -2.36. The highest BCUT2D eigenvalue weighted by molar-refractivity contribution is 6.13. The number of nitriles is 1. The maximum atomic E-state index is 8.84. The van der Waals surface area contributed by atoms with Gasteiger partial charge in [-0.05, 0) is 43.8 Å². The Bertz CT molecular complexity index is 451. The van der Waals surface area contributed by atoms with E-state index in [0.29, 0.717) is 18.7 Å². The van der Waals surface area contributed by atoms with Gasteiger partial charge in [0.05, 0.1) is 18.2 Å². The Labute approximate surface area is 100 Å². The predicted octanol–water partition coefficient (Wildman–Crippen LogP) is 2.69. The van der Waals surface area contributed by atoms with Crippen LogP contribution in [0, 0.1) is 11.3 Å². The third kappa shape index (κ3) is 2.29. The first-order valence-electron chi connectivity index (χ1n) is 5.13. The van der Waals surface area contributed by atoms with Crippen LogP contribution in [-0.4, -0.2) is 16.6 Å². The summed E-state index contributed by atoms with van der Waals surface area (Å²) in [5, 5.41) is 8.84. The largest absolute Gasteiger partial charge is 0.486 e. The molecule has 0 N–H and O–H groups in total. The fourth-order valence-corrected chi connectivity index (χ4v) is 2.27. The molecule has 4 heteroatoms. The molecule has 1 aromatic carbocycles. The number of halogens is 1. The van der Waals surface area contributed by atoms with Crippen molar-refractivity contribution in [2.24, 2.45) is 0 Å². The van der Waals surface area contributed by atoms with Gasteiger partial charge in [0.15, 0.2) is 0 Å². The summed E-state index contributed by atoms with van der Waals surface area (Å²) in [6.45, 7) is 5.23. The zero-order valence-electron chi connectivity index (χ0n) is 9.33. The van der Waals surface area contributed by atoms with E-state index >= 15 is 0 Å². The molecule has 0 aliphatic carbocycles. The molecule has 0 fully saturated rings. The Morgan fingerprint density at radius 2 is 2.25 bits per heavy atom. The number of ether oxygens (including phenoxy) is 1. The second-order valence-electron chi connectivity index (χ2n) is 4.57. The van der Waals surface area contributed by atoms with Crippen LogP contribution in [0.1, 0.15) is 25.0 Å². The topological polar surface area (TPSA) is 36.3 Å². The first kappa shape index (κ1) is 11.3. The molecule has 0 atom stereocenters. The van der Waals surface area contributed by atoms with Crippen molar-refractivity contribution in [3.8, 4) is 11.8 Å². The van der Waals surface area contributed by atoms with Crippen LogP contribution in [0.4, 0.5) is 0 Å². The second kappa shape index (κ2) is 3.97. The Kier molecular flexibility index (Phi) is 2.79. The molecule has 1 heterocycles. The average Bonchev–Trinajstić information content (AvgIpc) is 2.29. The van der Waals surface area contributed by atoms with Crippen LogP contribution in [0.15, 0.2) is 18.2 Å². The third-order valence-corrected chi connectivity index (χ3v) is 2.71. The third-order valence-electron chi connectivity index (χ3n) is 2.47. The van der Waals surface area contributed by atoms with Crippen molar-refractivity contribution >= 4 is 11.8 Å². The van der Waals surface area contributed by atoms with Gasteiger partial charge in [-0.25, -0.2) is 4.42 Å². The summed E-state index contributed by atoms with van der Waals surface area (Å²) >= 11 is 6.10. The molecule has 0 saturated heterocycles. The van der Waals surface area contributed by atoms with E-state index in [1.807, 2.05) is 26.0 Å². The van der Waals surface area contributed by atoms with Gasteiger partial charge in [0, 0.05) is 12.1 Å². The molecule has 0 radical (unpaired) electrons. The van der Waals surface area contributed by atoms with Crippen LogP contribution in [-0.2, 0) is 6.54 Å². The highest BCUT2D eigenvalue weighted by Gasteiger charge is 2.28. The zero-order chi connectivity index (χ0) is 11.8. The standard InChI is InChI=1S/C12H13ClN2O/c1-12(2)8-15(13)7-10-5-9(6-14)3-4-11(10)16-12/h3-5H,7-8H2,1-2H3. The molecule has 16 heavy (non-hydrogen) atoms. The van der Waals surface area contributed by atoms with Gasteiger partial charge >= 0.3 is 0 Å². The highest BCUT2D eigenvalue weighted by atomic mass is 35.5. The normalized spacial score (nSPS) is 19.1. The quantitative estimate of drug-likeness (QED) is 0.650. The van der Waals surface area contributed by atoms with Crippen LogP contribution < -0.4 is 4.74 Å². The van der Waals surface area contributed by atoms with Crippen molar-refractivity contribution in [2.45, 2.75) is 26.0 Å². The SMILES string of the molecule is CC1(C)CN(Cl)Cc2cc(C#N)ccc2O1. The summed E-state index contributed by atoms with van der Waals surface area (Å²) in [6.07, 6.45) is 0. The van der Waals surface area contributed by atoms with Gasteiger partial charge in [-0.3, -0.25) is 0 Å². The molecule has 1 aromatic rings. The Hall–Kier alpha value is -1.24. The highest BCUT2D eigenvalue weighted by Crippen LogP contribution is 2.30. The van der Waals surface area contributed by atoms with Crippen molar-refractivity contribution in [3.63, 3.8) is 0 Å². The first-order valence-corrected chi connectivity index (χ1v) is 5.47. The molecule has 0 bridgehead atoms. The van der Waals surface area contributed by atoms with Gasteiger partial charge in [0.1, 0.15) is 11.4 Å². The van der Waals surface area contributed by atoms with Gasteiger partial charge in [0.25, 0.3) is 0 Å². The summed E-state index contributed by atoms with van der Waals surface area (Å²) in [4.78, 5) is 0. The fourth-order valence-electron chi connectivity index (χ4n) is 1.86. The minimum atomic E-state index is -0.318. The maximum absolute atomic E-state index is 8.84. The van der Waals surface area contributed by atoms with E-state index < -0.39 is 0 Å². The van der Waals surface area contributed by atoms with Crippen LogP contribution in [0.5, 0.6) is 5.75 Å². The molecule has 0 unspecified atom stereocenters. The molecule has 1 aliphatic rings. The molecule has 0 spiro atoms. The number of rotatable bonds is 0. The van der Waals surface area contributed by atoms with E-state index in [1.165, 1.54) is 0 Å². The Balaban J connectivity index is 2.43. The smallest absolute Gasteiger partial charge is 0.124 e. The van der Waals surface area contributed by atoms with Crippen molar-refractivity contribution in [2.75, 3.05) is 6.54 Å². The van der Waals surface area contributed by atoms with Crippen molar-refractivity contribution in [1.29, 1.82) is 5.26 Å². The molecule has 0 amide bonds. The number of hydrogen-bond acceptors (Lipinski definition) is 3. The zero-order valence-corrected chi connectivity index (χ0v) is 10.1. The lowest BCUT2D eigenvalue weighted by Gasteiger charge is -2.26. The molecule has 0 aromatic heterocycles. The number of fused-ring (bicyclic) bond motifs is 1. The summed E-state index contributed by atoms with van der Waals surface area (Å²) in [5.41, 5.74) is 1.27. The van der Waals surface area contributed by atoms with Crippen LogP contribution >= 0.6 is 11.8 Å². The van der Waals surface area contributed by atoms with Crippen LogP contribution in [0.25, 0.3) is 0 Å². The fraction of sp³-hybridized carbons (Fsp3) is 0.417. The Morgan fingerprint density at radius 1 is 1.50 bits per heavy atom. The van der Waals surface area contributed by atoms with E-state index in [-0.39, 0.29) is 5.60 Å². The molecule has 84 valence electrons. The molecule has 3 nitrogen and oxygen atoms in total. The van der Waals surface area contributed by atoms with Crippen molar-refractivity contribution in [1.82, 2.24) is 4.42 Å². The second-order valence-corrected chi connectivity index (χ2v) is 5.05. The summed E-state index contributed by atoms with van der Waals surface area (Å²) in [5.74, 6) is 0.812. The van der Waals surface area contributed by atoms with Gasteiger partial charge in [-0.15, -0.1) is 0 Å². The van der Waals surface area contributed by atoms with E-state index in [0.717, 1.165) is 11.3 Å². The average molecular weight is 237 g/mol. The summed E-state index contributed by atoms with van der Waals surface area (Å²) < 4.78 is 7.57. The molecule has 1 aliphatic heterocycles. The van der Waals surface area contributed by atoms with Crippen molar-refractivity contribution in [3.05, 3.63) is 29.3 Å². The van der Waals surface area contributed by atoms with Crippen molar-refractivity contribution < 1.29 is 4.74 Å². The molecule has 0 saturated carbocycles. The van der Waals surface area contributed by atoms with Crippen LogP contribution in [0.3, 0.4) is 0 Å². The minimum absolute atomic E-state index is 0.318. The maximum Gasteiger partial charge on any atom is 0.124 e. The number of hydrogen-bond donors (Lipinski definition) is 0. The number of benzene rings is 1. The molecule has 2 rings (SSSR count).